The number of hydrogen-bond acceptors (Lipinski definition) is 6. The van der Waals surface area contributed by atoms with E-state index in [4.69, 9.17) is 4.74 Å². The highest BCUT2D eigenvalue weighted by Crippen LogP contribution is 2.33. The molecule has 4 rings (SSSR count). The molecule has 2 aromatic heterocycles. The van der Waals surface area contributed by atoms with E-state index in [1.54, 1.807) is 18.2 Å². The highest BCUT2D eigenvalue weighted by Gasteiger charge is 2.34. The van der Waals surface area contributed by atoms with Crippen LogP contribution in [0.4, 0.5) is 0 Å². The summed E-state index contributed by atoms with van der Waals surface area (Å²) in [6, 6.07) is 5.01. The summed E-state index contributed by atoms with van der Waals surface area (Å²) in [5.41, 5.74) is 4.75. The molecule has 0 spiro atoms. The van der Waals surface area contributed by atoms with Crippen molar-refractivity contribution in [2.75, 3.05) is 6.61 Å². The Labute approximate surface area is 144 Å². The van der Waals surface area contributed by atoms with Crippen molar-refractivity contribution in [3.63, 3.8) is 0 Å². The molecule has 0 unspecified atom stereocenters. The molecule has 3 heterocycles. The van der Waals surface area contributed by atoms with Crippen LogP contribution >= 0.6 is 0 Å². The summed E-state index contributed by atoms with van der Waals surface area (Å²) in [6.07, 6.45) is 0.577. The van der Waals surface area contributed by atoms with Crippen molar-refractivity contribution in [2.24, 2.45) is 7.05 Å². The van der Waals surface area contributed by atoms with Gasteiger partial charge in [0.15, 0.2) is 0 Å². The van der Waals surface area contributed by atoms with Gasteiger partial charge in [-0.15, -0.1) is 0 Å². The highest BCUT2D eigenvalue weighted by molar-refractivity contribution is 5.97. The van der Waals surface area contributed by atoms with Crippen LogP contribution in [0.15, 0.2) is 22.8 Å². The van der Waals surface area contributed by atoms with Gasteiger partial charge in [0.25, 0.3) is 5.91 Å². The number of fused-ring (bicyclic) bond motifs is 1. The normalized spacial score (nSPS) is 20.3. The number of amides is 1. The third-order valence-electron chi connectivity index (χ3n) is 4.77. The van der Waals surface area contributed by atoms with Crippen molar-refractivity contribution in [1.29, 1.82) is 0 Å². The molecular weight excluding hydrogens is 322 g/mol. The van der Waals surface area contributed by atoms with Crippen LogP contribution in [0.1, 0.15) is 39.8 Å². The quantitative estimate of drug-likeness (QED) is 0.781. The standard InChI is InChI=1S/C17H19N5O3/c1-9-15(10(2)22(3)19-9)16-13(6-7-24-16)18-17(23)11-4-5-12-14(8-11)21-25-20-12/h4-5,8,13,16H,6-7H2,1-3H3,(H,18,23)/t13-,16-/m0/s1. The van der Waals surface area contributed by atoms with Crippen LogP contribution in [0, 0.1) is 13.8 Å². The zero-order valence-electron chi connectivity index (χ0n) is 14.3. The third kappa shape index (κ3) is 2.68. The molecule has 8 nitrogen and oxygen atoms in total. The van der Waals surface area contributed by atoms with Gasteiger partial charge in [-0.05, 0) is 48.8 Å². The van der Waals surface area contributed by atoms with E-state index in [1.165, 1.54) is 0 Å². The van der Waals surface area contributed by atoms with Gasteiger partial charge in [-0.2, -0.15) is 5.10 Å². The third-order valence-corrected chi connectivity index (χ3v) is 4.77. The minimum absolute atomic E-state index is 0.0970. The largest absolute Gasteiger partial charge is 0.371 e. The molecule has 8 heteroatoms. The lowest BCUT2D eigenvalue weighted by molar-refractivity contribution is 0.0817. The number of ether oxygens (including phenoxy) is 1. The predicted octanol–water partition coefficient (Wildman–Crippen LogP) is 1.83. The molecule has 25 heavy (non-hydrogen) atoms. The molecule has 0 saturated carbocycles. The Balaban J connectivity index is 1.57. The van der Waals surface area contributed by atoms with Crippen LogP contribution in [-0.4, -0.2) is 38.6 Å². The first kappa shape index (κ1) is 15.8. The number of nitrogens with zero attached hydrogens (tertiary/aromatic N) is 4. The Morgan fingerprint density at radius 3 is 2.84 bits per heavy atom. The molecule has 1 aliphatic heterocycles. The average Bonchev–Trinajstić information content (AvgIpc) is 3.28. The fourth-order valence-electron chi connectivity index (χ4n) is 3.40. The minimum atomic E-state index is -0.185. The van der Waals surface area contributed by atoms with Crippen LogP contribution < -0.4 is 5.32 Å². The first-order valence-electron chi connectivity index (χ1n) is 8.19. The van der Waals surface area contributed by atoms with Crippen molar-refractivity contribution < 1.29 is 14.2 Å². The summed E-state index contributed by atoms with van der Waals surface area (Å²) in [7, 11) is 1.91. The SMILES string of the molecule is Cc1nn(C)c(C)c1[C@H]1OCC[C@@H]1NC(=O)c1ccc2nonc2c1. The number of carbonyl (C=O) groups excluding carboxylic acids is 1. The smallest absolute Gasteiger partial charge is 0.251 e. The van der Waals surface area contributed by atoms with Gasteiger partial charge in [-0.25, -0.2) is 4.63 Å². The molecule has 1 N–H and O–H groups in total. The van der Waals surface area contributed by atoms with E-state index in [0.29, 0.717) is 23.2 Å². The number of hydrogen-bond donors (Lipinski definition) is 1. The minimum Gasteiger partial charge on any atom is -0.371 e. The summed E-state index contributed by atoms with van der Waals surface area (Å²) >= 11 is 0. The van der Waals surface area contributed by atoms with Gasteiger partial charge in [-0.1, -0.05) is 0 Å². The Hall–Kier alpha value is -2.74. The summed E-state index contributed by atoms with van der Waals surface area (Å²) < 4.78 is 12.4. The topological polar surface area (TPSA) is 95.1 Å². The Morgan fingerprint density at radius 1 is 1.28 bits per heavy atom. The molecule has 0 radical (unpaired) electrons. The second-order valence-electron chi connectivity index (χ2n) is 6.34. The fraction of sp³-hybridized carbons (Fsp3) is 0.412. The van der Waals surface area contributed by atoms with Crippen LogP contribution in [0.25, 0.3) is 11.0 Å². The van der Waals surface area contributed by atoms with E-state index in [0.717, 1.165) is 23.4 Å². The monoisotopic (exact) mass is 341 g/mol. The van der Waals surface area contributed by atoms with E-state index in [1.807, 2.05) is 25.6 Å². The molecule has 1 fully saturated rings. The molecule has 1 amide bonds. The van der Waals surface area contributed by atoms with Crippen molar-refractivity contribution in [1.82, 2.24) is 25.4 Å². The number of aryl methyl sites for hydroxylation is 2. The number of carbonyl (C=O) groups is 1. The zero-order chi connectivity index (χ0) is 17.6. The maximum Gasteiger partial charge on any atom is 0.251 e. The predicted molar refractivity (Wildman–Crippen MR) is 89.1 cm³/mol. The van der Waals surface area contributed by atoms with Crippen LogP contribution in [0.3, 0.4) is 0 Å². The highest BCUT2D eigenvalue weighted by atomic mass is 16.6. The van der Waals surface area contributed by atoms with E-state index >= 15 is 0 Å². The molecular formula is C17H19N5O3. The van der Waals surface area contributed by atoms with Gasteiger partial charge in [0, 0.05) is 30.5 Å². The van der Waals surface area contributed by atoms with E-state index in [9.17, 15) is 4.79 Å². The summed E-state index contributed by atoms with van der Waals surface area (Å²) in [5, 5.41) is 15.1. The molecule has 0 bridgehead atoms. The first-order valence-corrected chi connectivity index (χ1v) is 8.19. The van der Waals surface area contributed by atoms with Gasteiger partial charge in [-0.3, -0.25) is 9.48 Å². The van der Waals surface area contributed by atoms with Crippen LogP contribution in [-0.2, 0) is 11.8 Å². The number of benzene rings is 1. The first-order chi connectivity index (χ1) is 12.0. The van der Waals surface area contributed by atoms with Gasteiger partial charge in [0.2, 0.25) is 0 Å². The molecule has 1 saturated heterocycles. The second kappa shape index (κ2) is 5.96. The fourth-order valence-corrected chi connectivity index (χ4v) is 3.40. The number of rotatable bonds is 3. The summed E-state index contributed by atoms with van der Waals surface area (Å²) in [5.74, 6) is -0.162. The molecule has 3 aromatic rings. The number of aromatic nitrogens is 4. The molecule has 1 aliphatic rings. The van der Waals surface area contributed by atoms with Gasteiger partial charge in [0.1, 0.15) is 17.1 Å². The lowest BCUT2D eigenvalue weighted by Crippen LogP contribution is -2.37. The lowest BCUT2D eigenvalue weighted by atomic mass is 10.00. The maximum atomic E-state index is 12.7. The van der Waals surface area contributed by atoms with Crippen LogP contribution in [0.2, 0.25) is 0 Å². The van der Waals surface area contributed by atoms with Crippen molar-refractivity contribution in [3.05, 3.63) is 40.7 Å². The van der Waals surface area contributed by atoms with Crippen LogP contribution in [0.5, 0.6) is 0 Å². The molecule has 130 valence electrons. The average molecular weight is 341 g/mol. The maximum absolute atomic E-state index is 12.7. The van der Waals surface area contributed by atoms with Gasteiger partial charge < -0.3 is 10.1 Å². The zero-order valence-corrected chi connectivity index (χ0v) is 14.3. The summed E-state index contributed by atoms with van der Waals surface area (Å²) in [6.45, 7) is 4.59. The molecule has 2 atom stereocenters. The Kier molecular flexibility index (Phi) is 3.76. The molecule has 0 aliphatic carbocycles. The van der Waals surface area contributed by atoms with Gasteiger partial charge >= 0.3 is 0 Å². The van der Waals surface area contributed by atoms with Gasteiger partial charge in [0.05, 0.1) is 11.7 Å². The number of nitrogens with one attached hydrogen (secondary N) is 1. The van der Waals surface area contributed by atoms with E-state index < -0.39 is 0 Å². The summed E-state index contributed by atoms with van der Waals surface area (Å²) in [4.78, 5) is 12.7. The Bertz CT molecular complexity index is 945. The Morgan fingerprint density at radius 2 is 2.08 bits per heavy atom. The van der Waals surface area contributed by atoms with E-state index in [-0.39, 0.29) is 18.1 Å². The molecule has 1 aromatic carbocycles. The van der Waals surface area contributed by atoms with Crippen molar-refractivity contribution >= 4 is 16.9 Å². The van der Waals surface area contributed by atoms with Crippen molar-refractivity contribution in [2.45, 2.75) is 32.4 Å². The lowest BCUT2D eigenvalue weighted by Gasteiger charge is -2.20. The van der Waals surface area contributed by atoms with E-state index in [2.05, 4.69) is 25.4 Å². The van der Waals surface area contributed by atoms with Crippen molar-refractivity contribution in [3.8, 4) is 0 Å². The second-order valence-corrected chi connectivity index (χ2v) is 6.34.